The van der Waals surface area contributed by atoms with E-state index >= 15 is 0 Å². The van der Waals surface area contributed by atoms with Gasteiger partial charge in [0.15, 0.2) is 0 Å². The summed E-state index contributed by atoms with van der Waals surface area (Å²) in [6, 6.07) is 6.95. The van der Waals surface area contributed by atoms with Crippen LogP contribution in [0.4, 0.5) is 0 Å². The average molecular weight is 261 g/mol. The van der Waals surface area contributed by atoms with Crippen molar-refractivity contribution in [3.8, 4) is 5.75 Å². The van der Waals surface area contributed by atoms with Crippen molar-refractivity contribution in [2.45, 2.75) is 51.5 Å². The molecular formula is C16H23NO2. The van der Waals surface area contributed by atoms with Crippen molar-refractivity contribution in [3.63, 3.8) is 0 Å². The van der Waals surface area contributed by atoms with Gasteiger partial charge in [-0.25, -0.2) is 0 Å². The molecule has 1 amide bonds. The van der Waals surface area contributed by atoms with Crippen LogP contribution >= 0.6 is 0 Å². The van der Waals surface area contributed by atoms with E-state index < -0.39 is 0 Å². The monoisotopic (exact) mass is 261 g/mol. The number of para-hydroxylation sites is 1. The molecule has 0 radical (unpaired) electrons. The largest absolute Gasteiger partial charge is 0.507 e. The zero-order valence-electron chi connectivity index (χ0n) is 11.6. The zero-order chi connectivity index (χ0) is 13.7. The molecule has 1 aromatic carbocycles. The fourth-order valence-corrected chi connectivity index (χ4v) is 3.00. The number of amides is 1. The van der Waals surface area contributed by atoms with Crippen molar-refractivity contribution in [1.29, 1.82) is 0 Å². The maximum atomic E-state index is 12.2. The molecule has 0 bridgehead atoms. The minimum atomic E-state index is -0.157. The molecule has 104 valence electrons. The SMILES string of the molecule is CCC(NC(=O)c1ccccc1O)C1CCCCC1. The highest BCUT2D eigenvalue weighted by molar-refractivity contribution is 5.96. The lowest BCUT2D eigenvalue weighted by Crippen LogP contribution is -2.40. The summed E-state index contributed by atoms with van der Waals surface area (Å²) in [5.74, 6) is 0.488. The Morgan fingerprint density at radius 1 is 1.32 bits per heavy atom. The fourth-order valence-electron chi connectivity index (χ4n) is 3.00. The lowest BCUT2D eigenvalue weighted by Gasteiger charge is -2.30. The van der Waals surface area contributed by atoms with Crippen LogP contribution < -0.4 is 5.32 Å². The number of rotatable bonds is 4. The Labute approximate surface area is 115 Å². The van der Waals surface area contributed by atoms with Crippen molar-refractivity contribution >= 4 is 5.91 Å². The van der Waals surface area contributed by atoms with E-state index in [4.69, 9.17) is 0 Å². The van der Waals surface area contributed by atoms with E-state index in [0.717, 1.165) is 6.42 Å². The van der Waals surface area contributed by atoms with E-state index in [-0.39, 0.29) is 17.7 Å². The topological polar surface area (TPSA) is 49.3 Å². The van der Waals surface area contributed by atoms with Gasteiger partial charge >= 0.3 is 0 Å². The number of hydrogen-bond donors (Lipinski definition) is 2. The van der Waals surface area contributed by atoms with Gasteiger partial charge < -0.3 is 10.4 Å². The molecule has 1 aliphatic carbocycles. The number of carbonyl (C=O) groups excluding carboxylic acids is 1. The lowest BCUT2D eigenvalue weighted by atomic mass is 9.83. The predicted octanol–water partition coefficient (Wildman–Crippen LogP) is 3.48. The first-order chi connectivity index (χ1) is 9.22. The minimum absolute atomic E-state index is 0.0542. The molecule has 1 fully saturated rings. The van der Waals surface area contributed by atoms with Gasteiger partial charge in [-0.1, -0.05) is 38.3 Å². The highest BCUT2D eigenvalue weighted by Crippen LogP contribution is 2.28. The molecule has 0 heterocycles. The van der Waals surface area contributed by atoms with Crippen LogP contribution in [0.15, 0.2) is 24.3 Å². The van der Waals surface area contributed by atoms with E-state index in [2.05, 4.69) is 12.2 Å². The second-order valence-corrected chi connectivity index (χ2v) is 5.40. The summed E-state index contributed by atoms with van der Waals surface area (Å²) >= 11 is 0. The standard InChI is InChI=1S/C16H23NO2/c1-2-14(12-8-4-3-5-9-12)17-16(19)13-10-6-7-11-15(13)18/h6-7,10-12,14,18H,2-5,8-9H2,1H3,(H,17,19). The van der Waals surface area contributed by atoms with Crippen molar-refractivity contribution < 1.29 is 9.90 Å². The number of phenolic OH excluding ortho intramolecular Hbond substituents is 1. The Morgan fingerprint density at radius 2 is 2.00 bits per heavy atom. The first-order valence-corrected chi connectivity index (χ1v) is 7.31. The molecule has 1 aliphatic rings. The van der Waals surface area contributed by atoms with Gasteiger partial charge in [0, 0.05) is 6.04 Å². The molecular weight excluding hydrogens is 238 g/mol. The summed E-state index contributed by atoms with van der Waals surface area (Å²) in [7, 11) is 0. The van der Waals surface area contributed by atoms with Gasteiger partial charge in [0.1, 0.15) is 5.75 Å². The van der Waals surface area contributed by atoms with E-state index in [1.54, 1.807) is 24.3 Å². The van der Waals surface area contributed by atoms with Crippen LogP contribution in [0.5, 0.6) is 5.75 Å². The Hall–Kier alpha value is -1.51. The average Bonchev–Trinajstić information content (AvgIpc) is 2.46. The molecule has 0 aromatic heterocycles. The number of nitrogens with one attached hydrogen (secondary N) is 1. The van der Waals surface area contributed by atoms with Crippen LogP contribution in [0.25, 0.3) is 0 Å². The van der Waals surface area contributed by atoms with Crippen molar-refractivity contribution in [2.75, 3.05) is 0 Å². The third-order valence-corrected chi connectivity index (χ3v) is 4.12. The Bertz CT molecular complexity index is 425. The highest BCUT2D eigenvalue weighted by atomic mass is 16.3. The molecule has 1 atom stereocenters. The molecule has 1 unspecified atom stereocenters. The smallest absolute Gasteiger partial charge is 0.255 e. The second kappa shape index (κ2) is 6.60. The van der Waals surface area contributed by atoms with Crippen LogP contribution in [-0.4, -0.2) is 17.1 Å². The van der Waals surface area contributed by atoms with E-state index in [1.165, 1.54) is 32.1 Å². The van der Waals surface area contributed by atoms with Crippen LogP contribution in [0, 0.1) is 5.92 Å². The molecule has 0 saturated heterocycles. The Morgan fingerprint density at radius 3 is 2.63 bits per heavy atom. The summed E-state index contributed by atoms with van der Waals surface area (Å²) in [6.07, 6.45) is 7.23. The summed E-state index contributed by atoms with van der Waals surface area (Å²) in [5.41, 5.74) is 0.372. The molecule has 2 N–H and O–H groups in total. The Balaban J connectivity index is 2.01. The lowest BCUT2D eigenvalue weighted by molar-refractivity contribution is 0.0908. The van der Waals surface area contributed by atoms with Gasteiger partial charge in [0.25, 0.3) is 5.91 Å². The summed E-state index contributed by atoms with van der Waals surface area (Å²) in [5, 5.41) is 12.8. The van der Waals surface area contributed by atoms with E-state index in [9.17, 15) is 9.90 Å². The van der Waals surface area contributed by atoms with Crippen molar-refractivity contribution in [1.82, 2.24) is 5.32 Å². The van der Waals surface area contributed by atoms with Crippen molar-refractivity contribution in [3.05, 3.63) is 29.8 Å². The van der Waals surface area contributed by atoms with Crippen LogP contribution in [0.2, 0.25) is 0 Å². The van der Waals surface area contributed by atoms with E-state index in [1.807, 2.05) is 0 Å². The summed E-state index contributed by atoms with van der Waals surface area (Å²) in [6.45, 7) is 2.12. The molecule has 1 saturated carbocycles. The normalized spacial score (nSPS) is 17.9. The first kappa shape index (κ1) is 13.9. The first-order valence-electron chi connectivity index (χ1n) is 7.31. The molecule has 2 rings (SSSR count). The number of carbonyl (C=O) groups is 1. The number of benzene rings is 1. The molecule has 3 nitrogen and oxygen atoms in total. The Kier molecular flexibility index (Phi) is 4.83. The number of aromatic hydroxyl groups is 1. The van der Waals surface area contributed by atoms with Gasteiger partial charge in [0.05, 0.1) is 5.56 Å². The van der Waals surface area contributed by atoms with Crippen molar-refractivity contribution in [2.24, 2.45) is 5.92 Å². The fraction of sp³-hybridized carbons (Fsp3) is 0.562. The number of phenols is 1. The third-order valence-electron chi connectivity index (χ3n) is 4.12. The van der Waals surface area contributed by atoms with Gasteiger partial charge in [-0.3, -0.25) is 4.79 Å². The molecule has 0 spiro atoms. The van der Waals surface area contributed by atoms with Gasteiger partial charge in [0.2, 0.25) is 0 Å². The molecule has 1 aromatic rings. The maximum Gasteiger partial charge on any atom is 0.255 e. The zero-order valence-corrected chi connectivity index (χ0v) is 11.6. The minimum Gasteiger partial charge on any atom is -0.507 e. The molecule has 3 heteroatoms. The second-order valence-electron chi connectivity index (χ2n) is 5.40. The van der Waals surface area contributed by atoms with Crippen LogP contribution in [0.3, 0.4) is 0 Å². The van der Waals surface area contributed by atoms with E-state index in [0.29, 0.717) is 11.5 Å². The van der Waals surface area contributed by atoms with Gasteiger partial charge in [-0.15, -0.1) is 0 Å². The molecule has 0 aliphatic heterocycles. The van der Waals surface area contributed by atoms with Gasteiger partial charge in [-0.2, -0.15) is 0 Å². The highest BCUT2D eigenvalue weighted by Gasteiger charge is 2.24. The summed E-state index contributed by atoms with van der Waals surface area (Å²) < 4.78 is 0. The maximum absolute atomic E-state index is 12.2. The quantitative estimate of drug-likeness (QED) is 0.871. The third kappa shape index (κ3) is 3.49. The van der Waals surface area contributed by atoms with Gasteiger partial charge in [-0.05, 0) is 37.3 Å². The predicted molar refractivity (Wildman–Crippen MR) is 76.2 cm³/mol. The summed E-state index contributed by atoms with van der Waals surface area (Å²) in [4.78, 5) is 12.2. The van der Waals surface area contributed by atoms with Crippen LogP contribution in [0.1, 0.15) is 55.8 Å². The van der Waals surface area contributed by atoms with Crippen LogP contribution in [-0.2, 0) is 0 Å². The molecule has 19 heavy (non-hydrogen) atoms. The number of hydrogen-bond acceptors (Lipinski definition) is 2.